The first-order chi connectivity index (χ1) is 13.7. The van der Waals surface area contributed by atoms with E-state index >= 15 is 0 Å². The Morgan fingerprint density at radius 2 is 2.07 bits per heavy atom. The smallest absolute Gasteiger partial charge is 0.272 e. The molecule has 1 saturated heterocycles. The van der Waals surface area contributed by atoms with Gasteiger partial charge in [0.15, 0.2) is 5.82 Å². The zero-order valence-corrected chi connectivity index (χ0v) is 15.4. The number of benzene rings is 1. The van der Waals surface area contributed by atoms with E-state index < -0.39 is 5.82 Å². The lowest BCUT2D eigenvalue weighted by molar-refractivity contribution is 0.0769. The second-order valence-electron chi connectivity index (χ2n) is 6.80. The fraction of sp³-hybridized carbons (Fsp3) is 0.300. The molecule has 3 aromatic rings. The number of halogens is 1. The van der Waals surface area contributed by atoms with E-state index in [1.807, 2.05) is 30.3 Å². The predicted octanol–water partition coefficient (Wildman–Crippen LogP) is 2.51. The van der Waals surface area contributed by atoms with Crippen LogP contribution in [-0.2, 0) is 4.74 Å². The number of nitrogens with zero attached hydrogens (tertiary/aromatic N) is 4. The summed E-state index contributed by atoms with van der Waals surface area (Å²) < 4.78 is 18.4. The highest BCUT2D eigenvalue weighted by atomic mass is 19.1. The van der Waals surface area contributed by atoms with Crippen molar-refractivity contribution in [1.82, 2.24) is 25.1 Å². The number of hydrogen-bond acceptors (Lipinski definition) is 5. The molecule has 0 bridgehead atoms. The van der Waals surface area contributed by atoms with E-state index in [1.54, 1.807) is 12.0 Å². The third kappa shape index (κ3) is 3.63. The zero-order valence-electron chi connectivity index (χ0n) is 15.4. The molecule has 1 aliphatic heterocycles. The number of amides is 1. The van der Waals surface area contributed by atoms with Gasteiger partial charge in [0.25, 0.3) is 5.91 Å². The van der Waals surface area contributed by atoms with E-state index in [-0.39, 0.29) is 23.4 Å². The van der Waals surface area contributed by atoms with Gasteiger partial charge >= 0.3 is 0 Å². The van der Waals surface area contributed by atoms with E-state index in [0.717, 1.165) is 17.6 Å². The molecule has 8 heteroatoms. The third-order valence-corrected chi connectivity index (χ3v) is 4.94. The molecule has 144 valence electrons. The van der Waals surface area contributed by atoms with Crippen molar-refractivity contribution >= 4 is 5.91 Å². The van der Waals surface area contributed by atoms with Crippen LogP contribution in [0, 0.1) is 11.7 Å². The molecule has 1 N–H and O–H groups in total. The van der Waals surface area contributed by atoms with Crippen LogP contribution in [0.2, 0.25) is 0 Å². The van der Waals surface area contributed by atoms with Gasteiger partial charge in [-0.25, -0.2) is 14.4 Å². The summed E-state index contributed by atoms with van der Waals surface area (Å²) in [5.74, 6) is 0.690. The molecule has 3 heterocycles. The molecule has 1 aliphatic rings. The number of nitrogens with one attached hydrogen (secondary N) is 1. The van der Waals surface area contributed by atoms with E-state index in [4.69, 9.17) is 4.74 Å². The van der Waals surface area contributed by atoms with Crippen molar-refractivity contribution in [2.45, 2.75) is 5.92 Å². The Labute approximate surface area is 161 Å². The number of hydrogen-bond donors (Lipinski definition) is 1. The Balaban J connectivity index is 1.55. The minimum absolute atomic E-state index is 0.0330. The zero-order chi connectivity index (χ0) is 19.5. The highest BCUT2D eigenvalue weighted by molar-refractivity contribution is 5.92. The Morgan fingerprint density at radius 3 is 2.79 bits per heavy atom. The maximum Gasteiger partial charge on any atom is 0.272 e. The molecule has 0 radical (unpaired) electrons. The van der Waals surface area contributed by atoms with Crippen LogP contribution in [-0.4, -0.2) is 57.8 Å². The van der Waals surface area contributed by atoms with Gasteiger partial charge in [0.1, 0.15) is 17.3 Å². The highest BCUT2D eigenvalue weighted by Crippen LogP contribution is 2.32. The number of rotatable bonds is 5. The summed E-state index contributed by atoms with van der Waals surface area (Å²) >= 11 is 0. The first kappa shape index (κ1) is 18.2. The van der Waals surface area contributed by atoms with Gasteiger partial charge in [0.2, 0.25) is 0 Å². The van der Waals surface area contributed by atoms with Crippen LogP contribution in [0.25, 0.3) is 11.4 Å². The normalized spacial score (nSPS) is 19.1. The molecule has 2 unspecified atom stereocenters. The molecule has 0 aliphatic carbocycles. The molecular weight excluding hydrogens is 361 g/mol. The summed E-state index contributed by atoms with van der Waals surface area (Å²) in [6, 6.07) is 12.3. The van der Waals surface area contributed by atoms with Crippen molar-refractivity contribution in [1.29, 1.82) is 0 Å². The van der Waals surface area contributed by atoms with E-state index in [2.05, 4.69) is 20.2 Å². The van der Waals surface area contributed by atoms with Crippen LogP contribution >= 0.6 is 0 Å². The summed E-state index contributed by atoms with van der Waals surface area (Å²) in [6.45, 7) is 1.47. The van der Waals surface area contributed by atoms with Crippen LogP contribution in [0.5, 0.6) is 0 Å². The third-order valence-electron chi connectivity index (χ3n) is 4.94. The number of carbonyl (C=O) groups is 1. The monoisotopic (exact) mass is 381 g/mol. The maximum absolute atomic E-state index is 13.1. The van der Waals surface area contributed by atoms with Gasteiger partial charge in [-0.2, -0.15) is 5.10 Å². The number of aromatic amines is 1. The lowest BCUT2D eigenvalue weighted by Crippen LogP contribution is -2.30. The van der Waals surface area contributed by atoms with Crippen molar-refractivity contribution in [2.75, 3.05) is 26.8 Å². The molecule has 1 fully saturated rings. The van der Waals surface area contributed by atoms with Gasteiger partial charge in [-0.15, -0.1) is 0 Å². The Kier molecular flexibility index (Phi) is 5.12. The Hall–Kier alpha value is -3.13. The molecule has 2 atom stereocenters. The van der Waals surface area contributed by atoms with Crippen LogP contribution in [0.4, 0.5) is 4.39 Å². The predicted molar refractivity (Wildman–Crippen MR) is 100 cm³/mol. The number of H-pyrrole nitrogens is 1. The maximum atomic E-state index is 13.1. The van der Waals surface area contributed by atoms with Crippen LogP contribution < -0.4 is 0 Å². The summed E-state index contributed by atoms with van der Waals surface area (Å²) in [5.41, 5.74) is 1.15. The van der Waals surface area contributed by atoms with E-state index in [1.165, 1.54) is 12.1 Å². The molecular formula is C20H20FN5O2. The lowest BCUT2D eigenvalue weighted by atomic mass is 9.96. The second-order valence-corrected chi connectivity index (χ2v) is 6.80. The van der Waals surface area contributed by atoms with Gasteiger partial charge in [0, 0.05) is 37.6 Å². The van der Waals surface area contributed by atoms with Gasteiger partial charge in [0.05, 0.1) is 12.8 Å². The average molecular weight is 381 g/mol. The van der Waals surface area contributed by atoms with Gasteiger partial charge in [-0.3, -0.25) is 9.89 Å². The minimum Gasteiger partial charge on any atom is -0.384 e. The van der Waals surface area contributed by atoms with Gasteiger partial charge in [-0.05, 0) is 12.1 Å². The number of ether oxygens (including phenoxy) is 1. The molecule has 0 spiro atoms. The lowest BCUT2D eigenvalue weighted by Gasteiger charge is -2.15. The molecule has 28 heavy (non-hydrogen) atoms. The van der Waals surface area contributed by atoms with Crippen molar-refractivity contribution in [3.63, 3.8) is 0 Å². The number of likely N-dealkylation sites (tertiary alicyclic amines) is 1. The summed E-state index contributed by atoms with van der Waals surface area (Å²) in [7, 11) is 1.64. The molecule has 0 saturated carbocycles. The standard InChI is InChI=1S/C20H20FN5O2/c1-28-12-14-10-26(20(27)17-8-7-15(21)9-22-17)11-16(14)19-23-18(24-25-19)13-5-3-2-4-6-13/h2-9,14,16H,10-12H2,1H3,(H,23,24,25). The fourth-order valence-corrected chi connectivity index (χ4v) is 3.55. The quantitative estimate of drug-likeness (QED) is 0.734. The van der Waals surface area contributed by atoms with Crippen molar-refractivity contribution < 1.29 is 13.9 Å². The summed E-state index contributed by atoms with van der Waals surface area (Å²) in [6.07, 6.45) is 1.05. The molecule has 1 aromatic carbocycles. The second kappa shape index (κ2) is 7.85. The molecule has 7 nitrogen and oxygen atoms in total. The Morgan fingerprint density at radius 1 is 1.25 bits per heavy atom. The van der Waals surface area contributed by atoms with E-state index in [0.29, 0.717) is 25.5 Å². The minimum atomic E-state index is -0.469. The summed E-state index contributed by atoms with van der Waals surface area (Å²) in [5, 5.41) is 7.35. The number of methoxy groups -OCH3 is 1. The van der Waals surface area contributed by atoms with Crippen LogP contribution in [0.3, 0.4) is 0 Å². The van der Waals surface area contributed by atoms with Crippen molar-refractivity contribution in [3.8, 4) is 11.4 Å². The molecule has 2 aromatic heterocycles. The first-order valence-electron chi connectivity index (χ1n) is 9.03. The van der Waals surface area contributed by atoms with Crippen molar-refractivity contribution in [3.05, 3.63) is 66.0 Å². The van der Waals surface area contributed by atoms with E-state index in [9.17, 15) is 9.18 Å². The molecule has 1 amide bonds. The topological polar surface area (TPSA) is 84.0 Å². The SMILES string of the molecule is COCC1CN(C(=O)c2ccc(F)cn2)CC1c1nc(-c2ccccc2)n[nH]1. The van der Waals surface area contributed by atoms with Gasteiger partial charge < -0.3 is 9.64 Å². The number of carbonyl (C=O) groups excluding carboxylic acids is 1. The Bertz CT molecular complexity index is 945. The largest absolute Gasteiger partial charge is 0.384 e. The highest BCUT2D eigenvalue weighted by Gasteiger charge is 2.38. The first-order valence-corrected chi connectivity index (χ1v) is 9.03. The average Bonchev–Trinajstić information content (AvgIpc) is 3.36. The fourth-order valence-electron chi connectivity index (χ4n) is 3.55. The van der Waals surface area contributed by atoms with Crippen LogP contribution in [0.15, 0.2) is 48.7 Å². The number of aromatic nitrogens is 4. The van der Waals surface area contributed by atoms with Gasteiger partial charge in [-0.1, -0.05) is 30.3 Å². The molecule has 4 rings (SSSR count). The number of pyridine rings is 1. The van der Waals surface area contributed by atoms with Crippen molar-refractivity contribution in [2.24, 2.45) is 5.92 Å². The van der Waals surface area contributed by atoms with Crippen LogP contribution in [0.1, 0.15) is 22.2 Å². The summed E-state index contributed by atoms with van der Waals surface area (Å²) in [4.78, 5) is 23.0.